The van der Waals surface area contributed by atoms with Gasteiger partial charge in [0.05, 0.1) is 18.4 Å². The minimum atomic E-state index is -0.402. The molecular weight excluding hydrogens is 169 g/mol. The molecule has 0 aliphatic carbocycles. The molecule has 0 aromatic carbocycles. The van der Waals surface area contributed by atoms with Crippen LogP contribution >= 0.6 is 0 Å². The summed E-state index contributed by atoms with van der Waals surface area (Å²) >= 11 is 0. The van der Waals surface area contributed by atoms with Crippen molar-refractivity contribution in [1.82, 2.24) is 15.3 Å². The quantitative estimate of drug-likeness (QED) is 0.774. The lowest BCUT2D eigenvalue weighted by Crippen LogP contribution is -2.27. The Balaban J connectivity index is 2.66. The Morgan fingerprint density at radius 3 is 2.23 bits per heavy atom. The summed E-state index contributed by atoms with van der Waals surface area (Å²) in [4.78, 5) is 7.77. The van der Waals surface area contributed by atoms with E-state index in [4.69, 9.17) is 0 Å². The fourth-order valence-electron chi connectivity index (χ4n) is 1.12. The largest absolute Gasteiger partial charge is 0.305 e. The van der Waals surface area contributed by atoms with E-state index in [0.29, 0.717) is 11.9 Å². The number of hydrogen-bond donors (Lipinski definition) is 1. The number of halogens is 1. The Kier molecular flexibility index (Phi) is 3.31. The van der Waals surface area contributed by atoms with E-state index in [1.807, 2.05) is 20.8 Å². The van der Waals surface area contributed by atoms with Crippen molar-refractivity contribution in [2.45, 2.75) is 32.9 Å². The number of rotatable bonds is 3. The summed E-state index contributed by atoms with van der Waals surface area (Å²) in [5, 5.41) is 3.23. The predicted molar refractivity (Wildman–Crippen MR) is 48.7 cm³/mol. The summed E-state index contributed by atoms with van der Waals surface area (Å²) < 4.78 is 12.5. The summed E-state index contributed by atoms with van der Waals surface area (Å²) in [6, 6.07) is 0.421. The van der Waals surface area contributed by atoms with Crippen molar-refractivity contribution < 1.29 is 4.39 Å². The zero-order chi connectivity index (χ0) is 9.84. The Morgan fingerprint density at radius 1 is 1.23 bits per heavy atom. The lowest BCUT2D eigenvalue weighted by Gasteiger charge is -2.14. The maximum Gasteiger partial charge on any atom is 0.159 e. The van der Waals surface area contributed by atoms with Crippen LogP contribution < -0.4 is 5.32 Å². The number of nitrogens with one attached hydrogen (secondary N) is 1. The van der Waals surface area contributed by atoms with E-state index < -0.39 is 5.82 Å². The van der Waals surface area contributed by atoms with Gasteiger partial charge in [-0.05, 0) is 6.92 Å². The van der Waals surface area contributed by atoms with E-state index in [1.165, 1.54) is 12.4 Å². The van der Waals surface area contributed by atoms with Gasteiger partial charge in [-0.15, -0.1) is 0 Å². The van der Waals surface area contributed by atoms with Crippen molar-refractivity contribution >= 4 is 0 Å². The highest BCUT2D eigenvalue weighted by molar-refractivity contribution is 4.96. The second kappa shape index (κ2) is 4.28. The van der Waals surface area contributed by atoms with Gasteiger partial charge in [0.2, 0.25) is 0 Å². The number of hydrogen-bond acceptors (Lipinski definition) is 3. The molecule has 0 radical (unpaired) electrons. The molecule has 1 N–H and O–H groups in total. The number of aromatic nitrogens is 2. The first-order chi connectivity index (χ1) is 6.09. The first kappa shape index (κ1) is 10.1. The Labute approximate surface area is 77.4 Å². The molecule has 1 rings (SSSR count). The Hall–Kier alpha value is -1.03. The average molecular weight is 183 g/mol. The molecule has 0 saturated heterocycles. The second-order valence-corrected chi connectivity index (χ2v) is 3.30. The van der Waals surface area contributed by atoms with Crippen LogP contribution in [0.3, 0.4) is 0 Å². The van der Waals surface area contributed by atoms with Gasteiger partial charge in [0.25, 0.3) is 0 Å². The number of nitrogens with zero attached hydrogens (tertiary/aromatic N) is 2. The highest BCUT2D eigenvalue weighted by Gasteiger charge is 2.08. The molecule has 0 aliphatic heterocycles. The zero-order valence-electron chi connectivity index (χ0n) is 8.08. The Bertz CT molecular complexity index is 258. The van der Waals surface area contributed by atoms with E-state index in [0.717, 1.165) is 0 Å². The van der Waals surface area contributed by atoms with Gasteiger partial charge in [-0.1, -0.05) is 13.8 Å². The summed E-state index contributed by atoms with van der Waals surface area (Å²) in [5.74, 6) is 0.218. The molecule has 3 nitrogen and oxygen atoms in total. The zero-order valence-corrected chi connectivity index (χ0v) is 8.08. The van der Waals surface area contributed by atoms with Crippen molar-refractivity contribution in [2.75, 3.05) is 0 Å². The first-order valence-corrected chi connectivity index (χ1v) is 4.33. The van der Waals surface area contributed by atoms with Gasteiger partial charge in [0, 0.05) is 6.04 Å². The van der Waals surface area contributed by atoms with Gasteiger partial charge < -0.3 is 5.32 Å². The maximum absolute atomic E-state index is 12.5. The molecule has 0 saturated carbocycles. The topological polar surface area (TPSA) is 37.8 Å². The highest BCUT2D eigenvalue weighted by atomic mass is 19.1. The fourth-order valence-corrected chi connectivity index (χ4v) is 1.12. The van der Waals surface area contributed by atoms with E-state index in [1.54, 1.807) is 0 Å². The smallest absolute Gasteiger partial charge is 0.159 e. The molecule has 1 atom stereocenters. The molecule has 1 aromatic rings. The molecule has 0 amide bonds. The molecule has 1 heterocycles. The molecule has 0 bridgehead atoms. The monoisotopic (exact) mass is 183 g/mol. The van der Waals surface area contributed by atoms with Crippen molar-refractivity contribution in [3.63, 3.8) is 0 Å². The van der Waals surface area contributed by atoms with Crippen molar-refractivity contribution in [3.05, 3.63) is 24.0 Å². The third-order valence-electron chi connectivity index (χ3n) is 1.61. The fraction of sp³-hybridized carbons (Fsp3) is 0.556. The van der Waals surface area contributed by atoms with Crippen LogP contribution in [0.15, 0.2) is 12.4 Å². The minimum absolute atomic E-state index is 0.0561. The lowest BCUT2D eigenvalue weighted by molar-refractivity contribution is 0.483. The second-order valence-electron chi connectivity index (χ2n) is 3.30. The van der Waals surface area contributed by atoms with Crippen LogP contribution in [0.2, 0.25) is 0 Å². The third-order valence-corrected chi connectivity index (χ3v) is 1.61. The van der Waals surface area contributed by atoms with E-state index in [-0.39, 0.29) is 6.04 Å². The minimum Gasteiger partial charge on any atom is -0.305 e. The summed E-state index contributed by atoms with van der Waals surface area (Å²) in [7, 11) is 0. The molecule has 4 heteroatoms. The standard InChI is InChI=1S/C9H14FN3/c1-6(2)13-7(3)9-11-4-8(10)5-12-9/h4-7,13H,1-3H3/t7-/m1/s1. The summed E-state index contributed by atoms with van der Waals surface area (Å²) in [6.45, 7) is 6.04. The SMILES string of the molecule is CC(C)N[C@H](C)c1ncc(F)cn1. The lowest BCUT2D eigenvalue weighted by atomic mass is 10.2. The average Bonchev–Trinajstić information content (AvgIpc) is 2.04. The van der Waals surface area contributed by atoms with Crippen LogP contribution in [0.5, 0.6) is 0 Å². The highest BCUT2D eigenvalue weighted by Crippen LogP contribution is 2.06. The third kappa shape index (κ3) is 3.06. The van der Waals surface area contributed by atoms with Gasteiger partial charge >= 0.3 is 0 Å². The summed E-state index contributed by atoms with van der Waals surface area (Å²) in [5.41, 5.74) is 0. The van der Waals surface area contributed by atoms with Crippen molar-refractivity contribution in [1.29, 1.82) is 0 Å². The van der Waals surface area contributed by atoms with Crippen LogP contribution in [-0.4, -0.2) is 16.0 Å². The van der Waals surface area contributed by atoms with Crippen LogP contribution in [0.25, 0.3) is 0 Å². The van der Waals surface area contributed by atoms with Crippen LogP contribution in [0, 0.1) is 5.82 Å². The van der Waals surface area contributed by atoms with Crippen LogP contribution in [0.1, 0.15) is 32.6 Å². The molecular formula is C9H14FN3. The van der Waals surface area contributed by atoms with Gasteiger partial charge in [0.15, 0.2) is 5.82 Å². The van der Waals surface area contributed by atoms with Crippen LogP contribution in [0.4, 0.5) is 4.39 Å². The first-order valence-electron chi connectivity index (χ1n) is 4.33. The van der Waals surface area contributed by atoms with Gasteiger partial charge in [-0.3, -0.25) is 0 Å². The Morgan fingerprint density at radius 2 is 1.77 bits per heavy atom. The van der Waals surface area contributed by atoms with E-state index in [9.17, 15) is 4.39 Å². The normalized spacial score (nSPS) is 13.3. The predicted octanol–water partition coefficient (Wildman–Crippen LogP) is 1.67. The summed E-state index contributed by atoms with van der Waals surface area (Å²) in [6.07, 6.45) is 2.36. The molecule has 0 unspecified atom stereocenters. The molecule has 72 valence electrons. The molecule has 13 heavy (non-hydrogen) atoms. The molecule has 0 fully saturated rings. The van der Waals surface area contributed by atoms with Gasteiger partial charge in [0.1, 0.15) is 5.82 Å². The van der Waals surface area contributed by atoms with Crippen LogP contribution in [-0.2, 0) is 0 Å². The maximum atomic E-state index is 12.5. The van der Waals surface area contributed by atoms with Crippen molar-refractivity contribution in [2.24, 2.45) is 0 Å². The van der Waals surface area contributed by atoms with Gasteiger partial charge in [-0.2, -0.15) is 0 Å². The van der Waals surface area contributed by atoms with E-state index in [2.05, 4.69) is 15.3 Å². The molecule has 0 aliphatic rings. The van der Waals surface area contributed by atoms with E-state index >= 15 is 0 Å². The molecule has 1 aromatic heterocycles. The molecule has 0 spiro atoms. The van der Waals surface area contributed by atoms with Crippen molar-refractivity contribution in [3.8, 4) is 0 Å². The van der Waals surface area contributed by atoms with Gasteiger partial charge in [-0.25, -0.2) is 14.4 Å².